The van der Waals surface area contributed by atoms with Crippen molar-refractivity contribution in [3.05, 3.63) is 53.6 Å². The molecule has 0 aromatic heterocycles. The number of carbonyl (C=O) groups is 2. The predicted octanol–water partition coefficient (Wildman–Crippen LogP) is 2.07. The lowest BCUT2D eigenvalue weighted by atomic mass is 10.2. The van der Waals surface area contributed by atoms with E-state index in [9.17, 15) is 14.7 Å². The normalized spacial score (nSPS) is 10.5. The molecule has 2 rings (SSSR count). The third-order valence-electron chi connectivity index (χ3n) is 3.68. The van der Waals surface area contributed by atoms with Gasteiger partial charge in [0.15, 0.2) is 11.5 Å². The second-order valence-corrected chi connectivity index (χ2v) is 5.69. The van der Waals surface area contributed by atoms with Gasteiger partial charge in [-0.25, -0.2) is 5.43 Å². The van der Waals surface area contributed by atoms with Crippen LogP contribution in [0.1, 0.15) is 29.3 Å². The molecule has 0 bridgehead atoms. The third-order valence-corrected chi connectivity index (χ3v) is 3.68. The third kappa shape index (κ3) is 6.31. The summed E-state index contributed by atoms with van der Waals surface area (Å²) < 4.78 is 10.3. The molecule has 0 saturated carbocycles. The minimum Gasteiger partial charge on any atom is -0.504 e. The highest BCUT2D eigenvalue weighted by atomic mass is 16.5. The quantitative estimate of drug-likeness (QED) is 0.452. The summed E-state index contributed by atoms with van der Waals surface area (Å²) in [7, 11) is 1.55. The van der Waals surface area contributed by atoms with Gasteiger partial charge in [-0.15, -0.1) is 0 Å². The van der Waals surface area contributed by atoms with Gasteiger partial charge in [0.1, 0.15) is 5.75 Å². The summed E-state index contributed by atoms with van der Waals surface area (Å²) in [6, 6.07) is 11.4. The van der Waals surface area contributed by atoms with Gasteiger partial charge in [-0.05, 0) is 55.0 Å². The molecule has 2 aromatic rings. The Hall–Kier alpha value is -3.55. The van der Waals surface area contributed by atoms with Crippen LogP contribution < -0.4 is 20.2 Å². The first-order valence-corrected chi connectivity index (χ1v) is 8.73. The molecule has 2 aromatic carbocycles. The minimum atomic E-state index is -0.338. The maximum absolute atomic E-state index is 12.0. The fourth-order valence-electron chi connectivity index (χ4n) is 2.25. The molecule has 0 saturated heterocycles. The number of methoxy groups -OCH3 is 1. The maximum Gasteiger partial charge on any atom is 0.251 e. The fraction of sp³-hybridized carbons (Fsp3) is 0.250. The molecule has 148 valence electrons. The molecule has 8 heteroatoms. The molecule has 0 unspecified atom stereocenters. The first kappa shape index (κ1) is 20.8. The highest BCUT2D eigenvalue weighted by molar-refractivity contribution is 5.94. The van der Waals surface area contributed by atoms with Crippen LogP contribution in [0, 0.1) is 0 Å². The fourth-order valence-corrected chi connectivity index (χ4v) is 2.25. The van der Waals surface area contributed by atoms with Crippen LogP contribution in [-0.4, -0.2) is 43.4 Å². The smallest absolute Gasteiger partial charge is 0.251 e. The summed E-state index contributed by atoms with van der Waals surface area (Å²) in [5.41, 5.74) is 3.53. The Bertz CT molecular complexity index is 834. The minimum absolute atomic E-state index is 0.0376. The van der Waals surface area contributed by atoms with Crippen molar-refractivity contribution in [2.45, 2.75) is 13.3 Å². The number of phenolic OH excluding ortho intramolecular Hbond substituents is 1. The number of ether oxygens (including phenoxy) is 2. The standard InChI is InChI=1S/C20H23N3O5/c1-3-28-18-12-14(4-9-17(18)24)13-22-23-19(25)10-11-21-20(26)15-5-7-16(27-2)8-6-15/h4-9,12-13,24H,3,10-11H2,1-2H3,(H,21,26)(H,23,25)/b22-13+. The summed E-state index contributed by atoms with van der Waals surface area (Å²) >= 11 is 0. The molecule has 28 heavy (non-hydrogen) atoms. The van der Waals surface area contributed by atoms with E-state index >= 15 is 0 Å². The summed E-state index contributed by atoms with van der Waals surface area (Å²) in [6.07, 6.45) is 1.52. The molecule has 0 aliphatic heterocycles. The van der Waals surface area contributed by atoms with E-state index in [0.29, 0.717) is 29.2 Å². The molecule has 0 aliphatic carbocycles. The van der Waals surface area contributed by atoms with Gasteiger partial charge >= 0.3 is 0 Å². The Kier molecular flexibility index (Phi) is 7.83. The number of hydrogen-bond donors (Lipinski definition) is 3. The van der Waals surface area contributed by atoms with Crippen molar-refractivity contribution in [3.8, 4) is 17.2 Å². The van der Waals surface area contributed by atoms with E-state index in [1.807, 2.05) is 6.92 Å². The van der Waals surface area contributed by atoms with Crippen molar-refractivity contribution < 1.29 is 24.2 Å². The van der Waals surface area contributed by atoms with Gasteiger partial charge in [-0.2, -0.15) is 5.10 Å². The lowest BCUT2D eigenvalue weighted by Crippen LogP contribution is -2.29. The Balaban J connectivity index is 1.75. The van der Waals surface area contributed by atoms with Gasteiger partial charge in [0, 0.05) is 18.5 Å². The average molecular weight is 385 g/mol. The summed E-state index contributed by atoms with van der Waals surface area (Å²) in [5.74, 6) is 0.437. The number of carbonyl (C=O) groups excluding carboxylic acids is 2. The first-order chi connectivity index (χ1) is 13.5. The zero-order valence-electron chi connectivity index (χ0n) is 15.8. The molecule has 0 fully saturated rings. The molecular formula is C20H23N3O5. The van der Waals surface area contributed by atoms with Crippen LogP contribution >= 0.6 is 0 Å². The molecule has 3 N–H and O–H groups in total. The van der Waals surface area contributed by atoms with Gasteiger partial charge in [0.25, 0.3) is 5.91 Å². The second kappa shape index (κ2) is 10.6. The molecule has 2 amide bonds. The highest BCUT2D eigenvalue weighted by Gasteiger charge is 2.07. The predicted molar refractivity (Wildman–Crippen MR) is 105 cm³/mol. The molecular weight excluding hydrogens is 362 g/mol. The largest absolute Gasteiger partial charge is 0.504 e. The number of phenols is 1. The van der Waals surface area contributed by atoms with Crippen LogP contribution in [0.15, 0.2) is 47.6 Å². The van der Waals surface area contributed by atoms with Gasteiger partial charge in [-0.1, -0.05) is 0 Å². The van der Waals surface area contributed by atoms with Gasteiger partial charge < -0.3 is 19.9 Å². The van der Waals surface area contributed by atoms with Crippen LogP contribution in [0.5, 0.6) is 17.2 Å². The number of benzene rings is 2. The van der Waals surface area contributed by atoms with Crippen LogP contribution in [0.25, 0.3) is 0 Å². The van der Waals surface area contributed by atoms with Crippen molar-refractivity contribution in [1.29, 1.82) is 0 Å². The Labute approximate surface area is 163 Å². The van der Waals surface area contributed by atoms with Crippen LogP contribution in [-0.2, 0) is 4.79 Å². The monoisotopic (exact) mass is 385 g/mol. The van der Waals surface area contributed by atoms with Crippen LogP contribution in [0.2, 0.25) is 0 Å². The topological polar surface area (TPSA) is 109 Å². The molecule has 0 radical (unpaired) electrons. The van der Waals surface area contributed by atoms with E-state index < -0.39 is 0 Å². The van der Waals surface area contributed by atoms with E-state index in [4.69, 9.17) is 9.47 Å². The SMILES string of the molecule is CCOc1cc(/C=N/NC(=O)CCNC(=O)c2ccc(OC)cc2)ccc1O. The second-order valence-electron chi connectivity index (χ2n) is 5.69. The lowest BCUT2D eigenvalue weighted by molar-refractivity contribution is -0.120. The van der Waals surface area contributed by atoms with Crippen molar-refractivity contribution in [2.24, 2.45) is 5.10 Å². The number of aromatic hydroxyl groups is 1. The van der Waals surface area contributed by atoms with E-state index in [1.54, 1.807) is 43.5 Å². The van der Waals surface area contributed by atoms with E-state index in [-0.39, 0.29) is 30.5 Å². The average Bonchev–Trinajstić information content (AvgIpc) is 2.70. The van der Waals surface area contributed by atoms with Crippen molar-refractivity contribution >= 4 is 18.0 Å². The number of rotatable bonds is 9. The highest BCUT2D eigenvalue weighted by Crippen LogP contribution is 2.26. The van der Waals surface area contributed by atoms with Crippen molar-refractivity contribution in [1.82, 2.24) is 10.7 Å². The summed E-state index contributed by atoms with van der Waals surface area (Å²) in [5, 5.41) is 16.2. The Morgan fingerprint density at radius 3 is 2.61 bits per heavy atom. The molecule has 0 aliphatic rings. The number of nitrogens with one attached hydrogen (secondary N) is 2. The van der Waals surface area contributed by atoms with Gasteiger partial charge in [0.05, 0.1) is 19.9 Å². The first-order valence-electron chi connectivity index (χ1n) is 8.73. The molecule has 0 heterocycles. The van der Waals surface area contributed by atoms with Crippen molar-refractivity contribution in [3.63, 3.8) is 0 Å². The number of amides is 2. The molecule has 0 spiro atoms. The van der Waals surface area contributed by atoms with Gasteiger partial charge in [-0.3, -0.25) is 9.59 Å². The number of hydrogen-bond acceptors (Lipinski definition) is 6. The number of nitrogens with zero attached hydrogens (tertiary/aromatic N) is 1. The zero-order valence-corrected chi connectivity index (χ0v) is 15.8. The summed E-state index contributed by atoms with van der Waals surface area (Å²) in [4.78, 5) is 23.8. The Morgan fingerprint density at radius 2 is 1.93 bits per heavy atom. The summed E-state index contributed by atoms with van der Waals surface area (Å²) in [6.45, 7) is 2.42. The number of hydrazone groups is 1. The maximum atomic E-state index is 12.0. The zero-order chi connectivity index (χ0) is 20.4. The Morgan fingerprint density at radius 1 is 1.18 bits per heavy atom. The molecule has 8 nitrogen and oxygen atoms in total. The van der Waals surface area contributed by atoms with Crippen molar-refractivity contribution in [2.75, 3.05) is 20.3 Å². The van der Waals surface area contributed by atoms with E-state index in [1.165, 1.54) is 12.3 Å². The van der Waals surface area contributed by atoms with Crippen LogP contribution in [0.4, 0.5) is 0 Å². The van der Waals surface area contributed by atoms with E-state index in [0.717, 1.165) is 0 Å². The van der Waals surface area contributed by atoms with Gasteiger partial charge in [0.2, 0.25) is 5.91 Å². The lowest BCUT2D eigenvalue weighted by Gasteiger charge is -2.06. The molecule has 0 atom stereocenters. The van der Waals surface area contributed by atoms with Crippen LogP contribution in [0.3, 0.4) is 0 Å². The van der Waals surface area contributed by atoms with E-state index in [2.05, 4.69) is 15.8 Å².